The van der Waals surface area contributed by atoms with E-state index in [4.69, 9.17) is 0 Å². The molecule has 0 amide bonds. The van der Waals surface area contributed by atoms with Crippen LogP contribution < -0.4 is 10.6 Å². The molecule has 0 bridgehead atoms. The van der Waals surface area contributed by atoms with E-state index in [1.165, 1.54) is 4.88 Å². The summed E-state index contributed by atoms with van der Waals surface area (Å²) in [5, 5.41) is 12.1. The zero-order valence-corrected chi connectivity index (χ0v) is 16.2. The summed E-state index contributed by atoms with van der Waals surface area (Å²) in [6.45, 7) is 8.25. The van der Waals surface area contributed by atoms with E-state index in [2.05, 4.69) is 39.6 Å². The number of aryl methyl sites for hydroxylation is 2. The van der Waals surface area contributed by atoms with Crippen LogP contribution in [0.15, 0.2) is 47.7 Å². The van der Waals surface area contributed by atoms with Crippen LogP contribution in [0.3, 0.4) is 0 Å². The smallest absolute Gasteiger partial charge is 0.191 e. The first-order valence-corrected chi connectivity index (χ1v) is 9.51. The monoisotopic (exact) mass is 368 g/mol. The fourth-order valence-corrected chi connectivity index (χ4v) is 3.32. The third-order valence-corrected chi connectivity index (χ3v) is 4.97. The number of nitrogens with zero attached hydrogens (tertiary/aromatic N) is 4. The number of rotatable bonds is 6. The van der Waals surface area contributed by atoms with E-state index in [1.54, 1.807) is 11.3 Å². The van der Waals surface area contributed by atoms with Gasteiger partial charge >= 0.3 is 0 Å². The molecule has 0 fully saturated rings. The molecule has 0 atom stereocenters. The number of benzene rings is 1. The Balaban J connectivity index is 1.63. The summed E-state index contributed by atoms with van der Waals surface area (Å²) in [5.74, 6) is 0.783. The van der Waals surface area contributed by atoms with Gasteiger partial charge in [-0.25, -0.2) is 14.7 Å². The third kappa shape index (κ3) is 4.70. The number of guanidine groups is 1. The Morgan fingerprint density at radius 3 is 2.69 bits per heavy atom. The molecule has 6 nitrogen and oxygen atoms in total. The summed E-state index contributed by atoms with van der Waals surface area (Å²) in [5.41, 5.74) is 3.20. The zero-order valence-electron chi connectivity index (χ0n) is 15.4. The summed E-state index contributed by atoms with van der Waals surface area (Å²) in [6.07, 6.45) is 3.86. The van der Waals surface area contributed by atoms with Gasteiger partial charge in [0.2, 0.25) is 0 Å². The molecule has 0 spiro atoms. The normalized spacial score (nSPS) is 11.6. The number of nitrogens with one attached hydrogen (secondary N) is 2. The van der Waals surface area contributed by atoms with Crippen molar-refractivity contribution in [1.29, 1.82) is 0 Å². The van der Waals surface area contributed by atoms with Crippen LogP contribution in [-0.4, -0.2) is 27.3 Å². The van der Waals surface area contributed by atoms with Gasteiger partial charge in [-0.15, -0.1) is 11.3 Å². The summed E-state index contributed by atoms with van der Waals surface area (Å²) < 4.78 is 1.87. The summed E-state index contributed by atoms with van der Waals surface area (Å²) in [4.78, 5) is 10.5. The third-order valence-electron chi connectivity index (χ3n) is 3.90. The Labute approximate surface area is 158 Å². The molecular formula is C19H24N6S. The predicted octanol–water partition coefficient (Wildman–Crippen LogP) is 3.20. The first-order chi connectivity index (χ1) is 12.7. The number of hydrogen-bond donors (Lipinski definition) is 2. The molecule has 136 valence electrons. The topological polar surface area (TPSA) is 67.1 Å². The average Bonchev–Trinajstić information content (AvgIpc) is 3.25. The Hall–Kier alpha value is -2.67. The molecule has 0 aliphatic heterocycles. The van der Waals surface area contributed by atoms with Crippen LogP contribution >= 0.6 is 11.3 Å². The molecule has 2 heterocycles. The van der Waals surface area contributed by atoms with Gasteiger partial charge in [-0.2, -0.15) is 5.10 Å². The van der Waals surface area contributed by atoms with Crippen molar-refractivity contribution < 1.29 is 0 Å². The molecule has 0 saturated heterocycles. The van der Waals surface area contributed by atoms with Gasteiger partial charge in [0, 0.05) is 23.2 Å². The second-order valence-corrected chi connectivity index (χ2v) is 7.21. The standard InChI is InChI=1S/C19H24N6S/c1-4-20-19(22-12-18-24-14(2)15(3)26-18)21-10-16-11-23-25(13-16)17-8-6-5-7-9-17/h5-9,11,13H,4,10,12H2,1-3H3,(H2,20,21,22). The van der Waals surface area contributed by atoms with Crippen molar-refractivity contribution in [2.45, 2.75) is 33.9 Å². The van der Waals surface area contributed by atoms with Crippen molar-refractivity contribution in [1.82, 2.24) is 25.4 Å². The highest BCUT2D eigenvalue weighted by Crippen LogP contribution is 2.16. The number of aromatic nitrogens is 3. The van der Waals surface area contributed by atoms with Gasteiger partial charge in [0.25, 0.3) is 0 Å². The predicted molar refractivity (Wildman–Crippen MR) is 107 cm³/mol. The Morgan fingerprint density at radius 2 is 2.00 bits per heavy atom. The molecule has 0 radical (unpaired) electrons. The average molecular weight is 369 g/mol. The van der Waals surface area contributed by atoms with Crippen LogP contribution in [0.25, 0.3) is 5.69 Å². The second kappa shape index (κ2) is 8.62. The van der Waals surface area contributed by atoms with Crippen LogP contribution in [0, 0.1) is 13.8 Å². The highest BCUT2D eigenvalue weighted by atomic mass is 32.1. The molecule has 2 aromatic heterocycles. The van der Waals surface area contributed by atoms with E-state index in [1.807, 2.05) is 54.3 Å². The molecule has 3 rings (SSSR count). The quantitative estimate of drug-likeness (QED) is 0.518. The largest absolute Gasteiger partial charge is 0.357 e. The summed E-state index contributed by atoms with van der Waals surface area (Å²) in [7, 11) is 0. The minimum Gasteiger partial charge on any atom is -0.357 e. The van der Waals surface area contributed by atoms with Crippen molar-refractivity contribution >= 4 is 17.3 Å². The van der Waals surface area contributed by atoms with Crippen LogP contribution in [0.1, 0.15) is 28.1 Å². The van der Waals surface area contributed by atoms with Crippen molar-refractivity contribution in [2.24, 2.45) is 4.99 Å². The molecular weight excluding hydrogens is 344 g/mol. The molecule has 26 heavy (non-hydrogen) atoms. The van der Waals surface area contributed by atoms with Crippen molar-refractivity contribution in [3.8, 4) is 5.69 Å². The van der Waals surface area contributed by atoms with E-state index in [0.29, 0.717) is 13.1 Å². The molecule has 0 aliphatic rings. The first-order valence-electron chi connectivity index (χ1n) is 8.69. The first kappa shape index (κ1) is 18.1. The van der Waals surface area contributed by atoms with Crippen molar-refractivity contribution in [2.75, 3.05) is 6.54 Å². The maximum atomic E-state index is 4.65. The minimum atomic E-state index is 0.568. The van der Waals surface area contributed by atoms with Crippen LogP contribution in [0.5, 0.6) is 0 Å². The van der Waals surface area contributed by atoms with Gasteiger partial charge in [-0.1, -0.05) is 18.2 Å². The lowest BCUT2D eigenvalue weighted by molar-refractivity contribution is 0.809. The van der Waals surface area contributed by atoms with Gasteiger partial charge in [0.05, 0.1) is 30.7 Å². The van der Waals surface area contributed by atoms with E-state index in [-0.39, 0.29) is 0 Å². The molecule has 1 aromatic carbocycles. The van der Waals surface area contributed by atoms with Gasteiger partial charge in [-0.3, -0.25) is 0 Å². The summed E-state index contributed by atoms with van der Waals surface area (Å²) >= 11 is 1.72. The zero-order chi connectivity index (χ0) is 18.4. The van der Waals surface area contributed by atoms with E-state index < -0.39 is 0 Å². The van der Waals surface area contributed by atoms with E-state index in [9.17, 15) is 0 Å². The maximum Gasteiger partial charge on any atom is 0.191 e. The van der Waals surface area contributed by atoms with Crippen LogP contribution in [0.4, 0.5) is 0 Å². The highest BCUT2D eigenvalue weighted by molar-refractivity contribution is 7.11. The Bertz CT molecular complexity index is 846. The van der Waals surface area contributed by atoms with Crippen LogP contribution in [0.2, 0.25) is 0 Å². The van der Waals surface area contributed by atoms with Crippen molar-refractivity contribution in [3.63, 3.8) is 0 Å². The maximum absolute atomic E-state index is 4.65. The number of aliphatic imine (C=N–C) groups is 1. The lowest BCUT2D eigenvalue weighted by Crippen LogP contribution is -2.36. The van der Waals surface area contributed by atoms with E-state index in [0.717, 1.165) is 34.5 Å². The number of para-hydroxylation sites is 1. The van der Waals surface area contributed by atoms with E-state index >= 15 is 0 Å². The molecule has 0 saturated carbocycles. The molecule has 0 aliphatic carbocycles. The number of thiazole rings is 1. The molecule has 2 N–H and O–H groups in total. The fourth-order valence-electron chi connectivity index (χ4n) is 2.45. The fraction of sp³-hybridized carbons (Fsp3) is 0.316. The SMILES string of the molecule is CCNC(=NCc1cnn(-c2ccccc2)c1)NCc1nc(C)c(C)s1. The Morgan fingerprint density at radius 1 is 1.19 bits per heavy atom. The molecule has 7 heteroatoms. The Kier molecular flexibility index (Phi) is 6.01. The van der Waals surface area contributed by atoms with Gasteiger partial charge in [0.1, 0.15) is 5.01 Å². The van der Waals surface area contributed by atoms with Gasteiger partial charge in [-0.05, 0) is 32.9 Å². The van der Waals surface area contributed by atoms with Crippen molar-refractivity contribution in [3.05, 3.63) is 63.9 Å². The lowest BCUT2D eigenvalue weighted by Gasteiger charge is -2.09. The number of hydrogen-bond acceptors (Lipinski definition) is 4. The molecule has 0 unspecified atom stereocenters. The second-order valence-electron chi connectivity index (χ2n) is 5.93. The van der Waals surface area contributed by atoms with Gasteiger partial charge < -0.3 is 10.6 Å². The summed E-state index contributed by atoms with van der Waals surface area (Å²) in [6, 6.07) is 10.1. The van der Waals surface area contributed by atoms with Crippen LogP contribution in [-0.2, 0) is 13.1 Å². The molecule has 3 aromatic rings. The lowest BCUT2D eigenvalue weighted by atomic mass is 10.3. The minimum absolute atomic E-state index is 0.568. The highest BCUT2D eigenvalue weighted by Gasteiger charge is 2.05. The van der Waals surface area contributed by atoms with Gasteiger partial charge in [0.15, 0.2) is 5.96 Å².